The van der Waals surface area contributed by atoms with Crippen molar-refractivity contribution in [3.63, 3.8) is 0 Å². The van der Waals surface area contributed by atoms with Crippen molar-refractivity contribution < 1.29 is 9.53 Å². The van der Waals surface area contributed by atoms with E-state index in [4.69, 9.17) is 9.72 Å². The number of nitrogens with zero attached hydrogens (tertiary/aromatic N) is 3. The quantitative estimate of drug-likeness (QED) is 0.402. The Balaban J connectivity index is 1.64. The van der Waals surface area contributed by atoms with Crippen LogP contribution < -0.4 is 0 Å². The standard InChI is InChI=1S/C21H18N4O2S/c1-13-15-10-6-7-11-16(15)22-17(18(13)20(26)27-2)12-28-21-23-19(24-25-21)14-8-4-3-5-9-14/h3-11H,12H2,1-2H3,(H,23,24,25). The van der Waals surface area contributed by atoms with Gasteiger partial charge in [0.25, 0.3) is 0 Å². The van der Waals surface area contributed by atoms with E-state index in [2.05, 4.69) is 15.2 Å². The molecule has 140 valence electrons. The van der Waals surface area contributed by atoms with Gasteiger partial charge in [-0.05, 0) is 18.6 Å². The van der Waals surface area contributed by atoms with Crippen molar-refractivity contribution in [3.05, 3.63) is 71.4 Å². The van der Waals surface area contributed by atoms with Gasteiger partial charge >= 0.3 is 5.97 Å². The number of carbonyl (C=O) groups is 1. The molecule has 2 heterocycles. The van der Waals surface area contributed by atoms with Crippen LogP contribution in [0.25, 0.3) is 22.3 Å². The summed E-state index contributed by atoms with van der Waals surface area (Å²) in [7, 11) is 1.38. The molecule has 0 saturated carbocycles. The fourth-order valence-electron chi connectivity index (χ4n) is 3.09. The molecule has 0 aliphatic heterocycles. The molecule has 0 bridgehead atoms. The fraction of sp³-hybridized carbons (Fsp3) is 0.143. The lowest BCUT2D eigenvalue weighted by Gasteiger charge is -2.12. The summed E-state index contributed by atoms with van der Waals surface area (Å²) < 4.78 is 5.00. The minimum absolute atomic E-state index is 0.383. The molecule has 0 radical (unpaired) electrons. The van der Waals surface area contributed by atoms with E-state index in [0.717, 1.165) is 22.0 Å². The van der Waals surface area contributed by atoms with E-state index in [-0.39, 0.29) is 5.97 Å². The molecule has 0 aliphatic rings. The van der Waals surface area contributed by atoms with Gasteiger partial charge < -0.3 is 4.74 Å². The summed E-state index contributed by atoms with van der Waals surface area (Å²) in [4.78, 5) is 21.6. The van der Waals surface area contributed by atoms with Crippen LogP contribution in [-0.2, 0) is 10.5 Å². The number of fused-ring (bicyclic) bond motifs is 1. The van der Waals surface area contributed by atoms with Crippen molar-refractivity contribution in [2.24, 2.45) is 0 Å². The van der Waals surface area contributed by atoms with Crippen molar-refractivity contribution >= 4 is 28.6 Å². The molecule has 0 aliphatic carbocycles. The third-order valence-corrected chi connectivity index (χ3v) is 5.33. The summed E-state index contributed by atoms with van der Waals surface area (Å²) in [5, 5.41) is 8.77. The van der Waals surface area contributed by atoms with Gasteiger partial charge in [-0.15, -0.1) is 5.10 Å². The largest absolute Gasteiger partial charge is 0.465 e. The predicted molar refractivity (Wildman–Crippen MR) is 109 cm³/mol. The zero-order valence-corrected chi connectivity index (χ0v) is 16.3. The summed E-state index contributed by atoms with van der Waals surface area (Å²) >= 11 is 1.42. The lowest BCUT2D eigenvalue weighted by atomic mass is 10.0. The Morgan fingerprint density at radius 1 is 1.07 bits per heavy atom. The van der Waals surface area contributed by atoms with Gasteiger partial charge in [0, 0.05) is 16.7 Å². The highest BCUT2D eigenvalue weighted by Gasteiger charge is 2.20. The Bertz CT molecular complexity index is 1140. The SMILES string of the molecule is COC(=O)c1c(CSc2n[nH]c(-c3ccccc3)n2)nc2ccccc2c1C. The lowest BCUT2D eigenvalue weighted by Crippen LogP contribution is -2.10. The molecular weight excluding hydrogens is 372 g/mol. The Hall–Kier alpha value is -3.19. The Morgan fingerprint density at radius 3 is 2.61 bits per heavy atom. The molecule has 2 aromatic carbocycles. The molecule has 0 fully saturated rings. The van der Waals surface area contributed by atoms with Crippen LogP contribution in [0.5, 0.6) is 0 Å². The molecule has 28 heavy (non-hydrogen) atoms. The predicted octanol–water partition coefficient (Wildman–Crippen LogP) is 4.41. The van der Waals surface area contributed by atoms with Crippen LogP contribution in [0.2, 0.25) is 0 Å². The minimum Gasteiger partial charge on any atom is -0.465 e. The number of aromatic nitrogens is 4. The zero-order chi connectivity index (χ0) is 19.5. The number of aryl methyl sites for hydroxylation is 1. The normalized spacial score (nSPS) is 10.9. The maximum Gasteiger partial charge on any atom is 0.340 e. The van der Waals surface area contributed by atoms with Crippen molar-refractivity contribution in [1.29, 1.82) is 0 Å². The first-order valence-electron chi connectivity index (χ1n) is 8.74. The van der Waals surface area contributed by atoms with E-state index in [9.17, 15) is 4.79 Å². The average Bonchev–Trinajstić information content (AvgIpc) is 3.21. The summed E-state index contributed by atoms with van der Waals surface area (Å²) in [6.07, 6.45) is 0. The monoisotopic (exact) mass is 390 g/mol. The van der Waals surface area contributed by atoms with Gasteiger partial charge in [0.05, 0.1) is 23.9 Å². The van der Waals surface area contributed by atoms with E-state index in [0.29, 0.717) is 28.0 Å². The van der Waals surface area contributed by atoms with Gasteiger partial charge in [-0.3, -0.25) is 10.1 Å². The number of methoxy groups -OCH3 is 1. The number of thioether (sulfide) groups is 1. The van der Waals surface area contributed by atoms with Crippen LogP contribution in [0, 0.1) is 6.92 Å². The molecule has 4 aromatic rings. The third-order valence-electron chi connectivity index (χ3n) is 4.47. The Morgan fingerprint density at radius 2 is 1.82 bits per heavy atom. The van der Waals surface area contributed by atoms with Crippen LogP contribution in [-0.4, -0.2) is 33.2 Å². The van der Waals surface area contributed by atoms with Gasteiger partial charge in [-0.2, -0.15) is 0 Å². The molecular formula is C21H18N4O2S. The lowest BCUT2D eigenvalue weighted by molar-refractivity contribution is 0.0598. The molecule has 0 amide bonds. The number of H-pyrrole nitrogens is 1. The molecule has 4 rings (SSSR count). The highest BCUT2D eigenvalue weighted by Crippen LogP contribution is 2.28. The molecule has 6 nitrogen and oxygen atoms in total. The second-order valence-corrected chi connectivity index (χ2v) is 7.13. The van der Waals surface area contributed by atoms with E-state index in [1.807, 2.05) is 61.5 Å². The van der Waals surface area contributed by atoms with Crippen LogP contribution in [0.1, 0.15) is 21.6 Å². The van der Waals surface area contributed by atoms with Gasteiger partial charge in [0.15, 0.2) is 5.82 Å². The topological polar surface area (TPSA) is 80.8 Å². The van der Waals surface area contributed by atoms with E-state index >= 15 is 0 Å². The van der Waals surface area contributed by atoms with Crippen molar-refractivity contribution in [2.45, 2.75) is 17.8 Å². The zero-order valence-electron chi connectivity index (χ0n) is 15.5. The molecule has 1 N–H and O–H groups in total. The second-order valence-electron chi connectivity index (χ2n) is 6.19. The maximum absolute atomic E-state index is 12.4. The van der Waals surface area contributed by atoms with Crippen molar-refractivity contribution in [3.8, 4) is 11.4 Å². The second kappa shape index (κ2) is 7.82. The molecule has 0 atom stereocenters. The van der Waals surface area contributed by atoms with Crippen molar-refractivity contribution in [2.75, 3.05) is 7.11 Å². The number of para-hydroxylation sites is 1. The smallest absolute Gasteiger partial charge is 0.340 e. The fourth-order valence-corrected chi connectivity index (χ4v) is 3.83. The molecule has 2 aromatic heterocycles. The van der Waals surface area contributed by atoms with Crippen LogP contribution in [0.3, 0.4) is 0 Å². The number of hydrogen-bond acceptors (Lipinski definition) is 6. The van der Waals surface area contributed by atoms with E-state index in [1.165, 1.54) is 18.9 Å². The highest BCUT2D eigenvalue weighted by molar-refractivity contribution is 7.98. The van der Waals surface area contributed by atoms with Gasteiger partial charge in [0.1, 0.15) is 0 Å². The number of rotatable bonds is 5. The van der Waals surface area contributed by atoms with E-state index in [1.54, 1.807) is 0 Å². The van der Waals surface area contributed by atoms with Gasteiger partial charge in [0.2, 0.25) is 5.16 Å². The number of esters is 1. The number of benzene rings is 2. The van der Waals surface area contributed by atoms with Crippen molar-refractivity contribution in [1.82, 2.24) is 20.2 Å². The first kappa shape index (κ1) is 18.2. The molecule has 0 spiro atoms. The first-order chi connectivity index (χ1) is 13.7. The summed E-state index contributed by atoms with van der Waals surface area (Å²) in [6, 6.07) is 17.6. The number of carbonyl (C=O) groups excluding carboxylic acids is 1. The summed E-state index contributed by atoms with van der Waals surface area (Å²) in [5.41, 5.74) is 3.86. The molecule has 7 heteroatoms. The minimum atomic E-state index is -0.383. The number of pyridine rings is 1. The summed E-state index contributed by atoms with van der Waals surface area (Å²) in [5.74, 6) is 0.785. The average molecular weight is 390 g/mol. The Labute approximate surface area is 166 Å². The third kappa shape index (κ3) is 3.48. The van der Waals surface area contributed by atoms with Gasteiger partial charge in [-0.1, -0.05) is 60.3 Å². The van der Waals surface area contributed by atoms with Gasteiger partial charge in [-0.25, -0.2) is 9.78 Å². The molecule has 0 saturated heterocycles. The van der Waals surface area contributed by atoms with Crippen LogP contribution in [0.4, 0.5) is 0 Å². The number of aromatic amines is 1. The van der Waals surface area contributed by atoms with Crippen LogP contribution >= 0.6 is 11.8 Å². The summed E-state index contributed by atoms with van der Waals surface area (Å²) in [6.45, 7) is 1.92. The Kier molecular flexibility index (Phi) is 5.08. The first-order valence-corrected chi connectivity index (χ1v) is 9.73. The number of ether oxygens (including phenoxy) is 1. The maximum atomic E-state index is 12.4. The molecule has 0 unspecified atom stereocenters. The number of hydrogen-bond donors (Lipinski definition) is 1. The van der Waals surface area contributed by atoms with E-state index < -0.39 is 0 Å². The highest BCUT2D eigenvalue weighted by atomic mass is 32.2. The van der Waals surface area contributed by atoms with Crippen LogP contribution in [0.15, 0.2) is 59.8 Å². The number of nitrogens with one attached hydrogen (secondary N) is 1.